The number of aromatic nitrogens is 1. The van der Waals surface area contributed by atoms with Gasteiger partial charge in [0, 0.05) is 32.7 Å². The molecule has 1 heterocycles. The van der Waals surface area contributed by atoms with Gasteiger partial charge in [0.05, 0.1) is 16.2 Å². The van der Waals surface area contributed by atoms with E-state index < -0.39 is 10.0 Å². The van der Waals surface area contributed by atoms with Gasteiger partial charge in [-0.15, -0.1) is 0 Å². The van der Waals surface area contributed by atoms with E-state index in [-0.39, 0.29) is 10.8 Å². The monoisotopic (exact) mass is 476 g/mol. The van der Waals surface area contributed by atoms with E-state index in [1.807, 2.05) is 44.1 Å². The topological polar surface area (TPSA) is 83.0 Å². The smallest absolute Gasteiger partial charge is 0.260 e. The first kappa shape index (κ1) is 24.1. The van der Waals surface area contributed by atoms with Crippen LogP contribution < -0.4 is 9.64 Å². The van der Waals surface area contributed by atoms with Crippen LogP contribution in [0.1, 0.15) is 17.3 Å². The Hall–Kier alpha value is -2.53. The van der Waals surface area contributed by atoms with Crippen LogP contribution in [0.25, 0.3) is 10.2 Å². The summed E-state index contributed by atoms with van der Waals surface area (Å²) in [5, 5.41) is 0.573. The summed E-state index contributed by atoms with van der Waals surface area (Å²) in [4.78, 5) is 21.9. The van der Waals surface area contributed by atoms with Gasteiger partial charge in [0.25, 0.3) is 5.91 Å². The molecule has 0 aliphatic rings. The number of carbonyl (C=O) groups is 1. The van der Waals surface area contributed by atoms with Crippen molar-refractivity contribution in [2.75, 3.05) is 52.8 Å². The number of para-hydroxylation sites is 1. The molecular weight excluding hydrogens is 448 g/mol. The van der Waals surface area contributed by atoms with E-state index in [2.05, 4.69) is 0 Å². The first-order chi connectivity index (χ1) is 15.1. The SMILES string of the molecule is CCOc1cccc2sc(N(CCN(C)C)C(=O)c3ccc(S(=O)(=O)N(C)C)cc3)nc12. The van der Waals surface area contributed by atoms with Gasteiger partial charge in [-0.1, -0.05) is 17.4 Å². The normalized spacial score (nSPS) is 12.0. The maximum Gasteiger partial charge on any atom is 0.260 e. The van der Waals surface area contributed by atoms with Crippen LogP contribution in [-0.4, -0.2) is 76.4 Å². The van der Waals surface area contributed by atoms with Crippen molar-refractivity contribution in [2.45, 2.75) is 11.8 Å². The fourth-order valence-corrected chi connectivity index (χ4v) is 4.93. The van der Waals surface area contributed by atoms with Gasteiger partial charge in [-0.05, 0) is 57.4 Å². The Balaban J connectivity index is 1.98. The van der Waals surface area contributed by atoms with Crippen molar-refractivity contribution in [3.05, 3.63) is 48.0 Å². The first-order valence-corrected chi connectivity index (χ1v) is 12.4. The maximum atomic E-state index is 13.4. The molecule has 32 heavy (non-hydrogen) atoms. The van der Waals surface area contributed by atoms with Crippen LogP contribution in [0.5, 0.6) is 5.75 Å². The lowest BCUT2D eigenvalue weighted by Gasteiger charge is -2.22. The van der Waals surface area contributed by atoms with E-state index >= 15 is 0 Å². The van der Waals surface area contributed by atoms with E-state index in [1.165, 1.54) is 37.6 Å². The largest absolute Gasteiger partial charge is 0.492 e. The van der Waals surface area contributed by atoms with Gasteiger partial charge in [-0.2, -0.15) is 0 Å². The van der Waals surface area contributed by atoms with Crippen LogP contribution in [0, 0.1) is 0 Å². The number of sulfonamides is 1. The molecule has 10 heteroatoms. The van der Waals surface area contributed by atoms with Crippen molar-refractivity contribution in [1.29, 1.82) is 0 Å². The summed E-state index contributed by atoms with van der Waals surface area (Å²) in [5.74, 6) is 0.448. The molecule has 3 rings (SSSR count). The zero-order valence-electron chi connectivity index (χ0n) is 18.9. The lowest BCUT2D eigenvalue weighted by atomic mass is 10.2. The van der Waals surface area contributed by atoms with Crippen molar-refractivity contribution < 1.29 is 17.9 Å². The molecule has 1 amide bonds. The molecule has 3 aromatic rings. The molecule has 0 spiro atoms. The van der Waals surface area contributed by atoms with Crippen LogP contribution in [0.2, 0.25) is 0 Å². The lowest BCUT2D eigenvalue weighted by molar-refractivity contribution is 0.0985. The number of rotatable bonds is 9. The standard InChI is InChI=1S/C22H28N4O4S2/c1-6-30-18-8-7-9-19-20(18)23-22(31-19)26(15-14-24(2)3)21(27)16-10-12-17(13-11-16)32(28,29)25(4)5/h7-13H,6,14-15H2,1-5H3. The molecule has 1 aromatic heterocycles. The highest BCUT2D eigenvalue weighted by Gasteiger charge is 2.24. The third-order valence-electron chi connectivity index (χ3n) is 4.80. The number of benzene rings is 2. The Morgan fingerprint density at radius 1 is 1.03 bits per heavy atom. The maximum absolute atomic E-state index is 13.4. The number of hydrogen-bond donors (Lipinski definition) is 0. The molecule has 0 fully saturated rings. The predicted molar refractivity (Wildman–Crippen MR) is 128 cm³/mol. The van der Waals surface area contributed by atoms with Gasteiger partial charge >= 0.3 is 0 Å². The number of likely N-dealkylation sites (N-methyl/N-ethyl adjacent to an activating group) is 1. The number of hydrogen-bond acceptors (Lipinski definition) is 7. The average Bonchev–Trinajstić information content (AvgIpc) is 3.18. The number of nitrogens with zero attached hydrogens (tertiary/aromatic N) is 4. The van der Waals surface area contributed by atoms with Gasteiger partial charge in [0.15, 0.2) is 5.13 Å². The second-order valence-electron chi connectivity index (χ2n) is 7.60. The highest BCUT2D eigenvalue weighted by Crippen LogP contribution is 2.34. The lowest BCUT2D eigenvalue weighted by Crippen LogP contribution is -2.36. The first-order valence-electron chi connectivity index (χ1n) is 10.2. The number of amides is 1. The fourth-order valence-electron chi connectivity index (χ4n) is 3.02. The van der Waals surface area contributed by atoms with Crippen LogP contribution in [0.15, 0.2) is 47.4 Å². The van der Waals surface area contributed by atoms with E-state index in [4.69, 9.17) is 9.72 Å². The van der Waals surface area contributed by atoms with Crippen molar-refractivity contribution in [3.63, 3.8) is 0 Å². The number of thiazole rings is 1. The van der Waals surface area contributed by atoms with E-state index in [1.54, 1.807) is 17.0 Å². The molecule has 0 aliphatic carbocycles. The zero-order chi connectivity index (χ0) is 23.5. The molecule has 0 aliphatic heterocycles. The zero-order valence-corrected chi connectivity index (χ0v) is 20.5. The molecule has 172 valence electrons. The van der Waals surface area contributed by atoms with Gasteiger partial charge < -0.3 is 9.64 Å². The quantitative estimate of drug-likeness (QED) is 0.472. The van der Waals surface area contributed by atoms with E-state index in [0.717, 1.165) is 14.5 Å². The Labute approximate surface area is 193 Å². The molecule has 0 N–H and O–H groups in total. The summed E-state index contributed by atoms with van der Waals surface area (Å²) in [6.07, 6.45) is 0. The van der Waals surface area contributed by atoms with Gasteiger partial charge in [0.2, 0.25) is 10.0 Å². The number of carbonyl (C=O) groups excluding carboxylic acids is 1. The molecule has 0 atom stereocenters. The third kappa shape index (κ3) is 5.09. The summed E-state index contributed by atoms with van der Waals surface area (Å²) < 4.78 is 32.4. The summed E-state index contributed by atoms with van der Waals surface area (Å²) in [5.41, 5.74) is 1.12. The minimum Gasteiger partial charge on any atom is -0.492 e. The summed E-state index contributed by atoms with van der Waals surface area (Å²) in [7, 11) is 3.26. The van der Waals surface area contributed by atoms with E-state index in [9.17, 15) is 13.2 Å². The Kier molecular flexibility index (Phi) is 7.50. The Morgan fingerprint density at radius 2 is 1.72 bits per heavy atom. The minimum atomic E-state index is -3.56. The van der Waals surface area contributed by atoms with Gasteiger partial charge in [-0.25, -0.2) is 17.7 Å². The molecule has 0 saturated carbocycles. The number of fused-ring (bicyclic) bond motifs is 1. The van der Waals surface area contributed by atoms with Crippen LogP contribution in [0.3, 0.4) is 0 Å². The van der Waals surface area contributed by atoms with Crippen LogP contribution >= 0.6 is 11.3 Å². The van der Waals surface area contributed by atoms with Gasteiger partial charge in [0.1, 0.15) is 11.3 Å². The van der Waals surface area contributed by atoms with Crippen molar-refractivity contribution >= 4 is 42.6 Å². The van der Waals surface area contributed by atoms with Gasteiger partial charge in [-0.3, -0.25) is 9.69 Å². The summed E-state index contributed by atoms with van der Waals surface area (Å²) >= 11 is 1.42. The second-order valence-corrected chi connectivity index (χ2v) is 10.8. The Morgan fingerprint density at radius 3 is 2.31 bits per heavy atom. The molecule has 0 radical (unpaired) electrons. The fraction of sp³-hybridized carbons (Fsp3) is 0.364. The number of ether oxygens (including phenoxy) is 1. The second kappa shape index (κ2) is 9.95. The van der Waals surface area contributed by atoms with Crippen LogP contribution in [0.4, 0.5) is 5.13 Å². The molecule has 0 unspecified atom stereocenters. The summed E-state index contributed by atoms with van der Waals surface area (Å²) in [6, 6.07) is 11.7. The van der Waals surface area contributed by atoms with E-state index in [0.29, 0.717) is 36.1 Å². The predicted octanol–water partition coefficient (Wildman–Crippen LogP) is 3.15. The highest BCUT2D eigenvalue weighted by atomic mass is 32.2. The number of anilines is 1. The molecule has 2 aromatic carbocycles. The highest BCUT2D eigenvalue weighted by molar-refractivity contribution is 7.89. The molecular formula is C22H28N4O4S2. The third-order valence-corrected chi connectivity index (χ3v) is 7.67. The molecule has 0 bridgehead atoms. The summed E-state index contributed by atoms with van der Waals surface area (Å²) in [6.45, 7) is 3.52. The van der Waals surface area contributed by atoms with Crippen molar-refractivity contribution in [3.8, 4) is 5.75 Å². The van der Waals surface area contributed by atoms with Crippen molar-refractivity contribution in [2.24, 2.45) is 0 Å². The Bertz CT molecular complexity index is 1190. The molecule has 0 saturated heterocycles. The van der Waals surface area contributed by atoms with Crippen molar-refractivity contribution in [1.82, 2.24) is 14.2 Å². The minimum absolute atomic E-state index is 0.139. The average molecular weight is 477 g/mol. The van der Waals surface area contributed by atoms with Crippen LogP contribution in [-0.2, 0) is 10.0 Å². The molecule has 8 nitrogen and oxygen atoms in total.